The minimum atomic E-state index is -4.85. The van der Waals surface area contributed by atoms with Crippen molar-refractivity contribution in [3.05, 3.63) is 35.9 Å². The highest BCUT2D eigenvalue weighted by Crippen LogP contribution is 2.40. The summed E-state index contributed by atoms with van der Waals surface area (Å²) < 4.78 is 20.3. The molecule has 0 amide bonds. The van der Waals surface area contributed by atoms with E-state index >= 15 is 0 Å². The zero-order chi connectivity index (χ0) is 14.9. The second-order valence-electron chi connectivity index (χ2n) is 3.95. The van der Waals surface area contributed by atoms with Crippen molar-refractivity contribution in [2.24, 2.45) is 0 Å². The molecule has 8 heteroatoms. The third-order valence-corrected chi connectivity index (χ3v) is 3.03. The molecule has 0 fully saturated rings. The van der Waals surface area contributed by atoms with Crippen LogP contribution in [0.2, 0.25) is 0 Å². The van der Waals surface area contributed by atoms with Gasteiger partial charge in [-0.05, 0) is 35.0 Å². The average Bonchev–Trinajstić information content (AvgIpc) is 2.35. The lowest BCUT2D eigenvalue weighted by Crippen LogP contribution is -2.02. The maximum atomic E-state index is 11.1. The van der Waals surface area contributed by atoms with Crippen molar-refractivity contribution in [3.8, 4) is 11.5 Å². The van der Waals surface area contributed by atoms with Gasteiger partial charge in [-0.15, -0.1) is 0 Å². The van der Waals surface area contributed by atoms with Crippen molar-refractivity contribution >= 4 is 24.6 Å². The number of carboxylic acid groups (broad SMARTS) is 1. The number of hydrogen-bond acceptors (Lipinski definition) is 4. The molecule has 3 N–H and O–H groups in total. The van der Waals surface area contributed by atoms with Crippen LogP contribution in [0.3, 0.4) is 0 Å². The van der Waals surface area contributed by atoms with Gasteiger partial charge in [-0.1, -0.05) is 6.07 Å². The van der Waals surface area contributed by atoms with Crippen LogP contribution in [0.1, 0.15) is 10.4 Å². The zero-order valence-electron chi connectivity index (χ0n) is 10.3. The van der Waals surface area contributed by atoms with Crippen molar-refractivity contribution in [3.63, 3.8) is 0 Å². The van der Waals surface area contributed by atoms with Gasteiger partial charge >= 0.3 is 13.8 Å². The Morgan fingerprint density at radius 1 is 1.15 bits per heavy atom. The van der Waals surface area contributed by atoms with E-state index in [-0.39, 0.29) is 5.56 Å². The molecule has 2 rings (SSSR count). The first-order chi connectivity index (χ1) is 9.30. The molecule has 0 unspecified atom stereocenters. The number of aromatic carboxylic acids is 1. The molecule has 0 aromatic heterocycles. The van der Waals surface area contributed by atoms with Crippen molar-refractivity contribution < 1.29 is 33.5 Å². The molecule has 0 aliphatic heterocycles. The SMILES string of the molecule is COc1ccc2cc(C(=O)O)c(OP(=O)(O)O)cc2c1. The van der Waals surface area contributed by atoms with E-state index in [2.05, 4.69) is 4.52 Å². The molecular weight excluding hydrogens is 287 g/mol. The van der Waals surface area contributed by atoms with Gasteiger partial charge < -0.3 is 14.4 Å². The van der Waals surface area contributed by atoms with Crippen molar-refractivity contribution in [2.75, 3.05) is 7.11 Å². The fourth-order valence-electron chi connectivity index (χ4n) is 1.75. The maximum Gasteiger partial charge on any atom is 0.524 e. The molecule has 0 atom stereocenters. The summed E-state index contributed by atoms with van der Waals surface area (Å²) in [6, 6.07) is 7.43. The Kier molecular flexibility index (Phi) is 3.67. The first-order valence-corrected chi connectivity index (χ1v) is 6.93. The third-order valence-electron chi connectivity index (χ3n) is 2.59. The van der Waals surface area contributed by atoms with Crippen molar-refractivity contribution in [1.82, 2.24) is 0 Å². The van der Waals surface area contributed by atoms with Gasteiger partial charge in [0.25, 0.3) is 0 Å². The molecule has 0 bridgehead atoms. The number of ether oxygens (including phenoxy) is 1. The van der Waals surface area contributed by atoms with Crippen LogP contribution in [0.25, 0.3) is 10.8 Å². The summed E-state index contributed by atoms with van der Waals surface area (Å²) in [5.74, 6) is -1.21. The van der Waals surface area contributed by atoms with Gasteiger partial charge in [0, 0.05) is 0 Å². The van der Waals surface area contributed by atoms with E-state index in [1.54, 1.807) is 18.2 Å². The van der Waals surface area contributed by atoms with Gasteiger partial charge in [-0.25, -0.2) is 9.36 Å². The van der Waals surface area contributed by atoms with Crippen LogP contribution >= 0.6 is 7.82 Å². The van der Waals surface area contributed by atoms with Gasteiger partial charge in [0.2, 0.25) is 0 Å². The van der Waals surface area contributed by atoms with E-state index < -0.39 is 19.5 Å². The topological polar surface area (TPSA) is 113 Å². The minimum Gasteiger partial charge on any atom is -0.497 e. The number of rotatable bonds is 4. The highest BCUT2D eigenvalue weighted by Gasteiger charge is 2.22. The molecule has 0 aliphatic rings. The molecule has 2 aromatic rings. The van der Waals surface area contributed by atoms with Crippen LogP contribution in [0.15, 0.2) is 30.3 Å². The fraction of sp³-hybridized carbons (Fsp3) is 0.0833. The van der Waals surface area contributed by atoms with Gasteiger partial charge in [0.05, 0.1) is 7.11 Å². The van der Waals surface area contributed by atoms with E-state index in [1.165, 1.54) is 19.2 Å². The number of carbonyl (C=O) groups is 1. The Balaban J connectivity index is 2.65. The minimum absolute atomic E-state index is 0.328. The van der Waals surface area contributed by atoms with Crippen LogP contribution in [0.4, 0.5) is 0 Å². The van der Waals surface area contributed by atoms with Crippen LogP contribution in [0.5, 0.6) is 11.5 Å². The number of fused-ring (bicyclic) bond motifs is 1. The number of carboxylic acids is 1. The van der Waals surface area contributed by atoms with Crippen molar-refractivity contribution in [1.29, 1.82) is 0 Å². The molecule has 106 valence electrons. The molecule has 0 radical (unpaired) electrons. The summed E-state index contributed by atoms with van der Waals surface area (Å²) in [5.41, 5.74) is -0.328. The molecular formula is C12H11O7P. The molecule has 0 saturated carbocycles. The van der Waals surface area contributed by atoms with Gasteiger partial charge in [-0.3, -0.25) is 9.79 Å². The summed E-state index contributed by atoms with van der Waals surface area (Å²) in [6.45, 7) is 0. The van der Waals surface area contributed by atoms with E-state index in [4.69, 9.17) is 19.6 Å². The summed E-state index contributed by atoms with van der Waals surface area (Å²) in [7, 11) is -3.37. The van der Waals surface area contributed by atoms with E-state index in [1.807, 2.05) is 0 Å². The Bertz CT molecular complexity index is 719. The molecule has 0 spiro atoms. The third kappa shape index (κ3) is 3.08. The molecule has 0 aliphatic carbocycles. The number of methoxy groups -OCH3 is 1. The first-order valence-electron chi connectivity index (χ1n) is 5.40. The van der Waals surface area contributed by atoms with E-state index in [9.17, 15) is 9.36 Å². The van der Waals surface area contributed by atoms with Gasteiger partial charge in [0.15, 0.2) is 0 Å². The Hall–Kier alpha value is -2.08. The first kappa shape index (κ1) is 14.3. The summed E-state index contributed by atoms with van der Waals surface area (Å²) in [6.07, 6.45) is 0. The number of phosphoric ester groups is 1. The monoisotopic (exact) mass is 298 g/mol. The largest absolute Gasteiger partial charge is 0.524 e. The summed E-state index contributed by atoms with van der Waals surface area (Å²) in [5, 5.41) is 10.2. The maximum absolute atomic E-state index is 11.1. The number of phosphoric acid groups is 1. The van der Waals surface area contributed by atoms with Crippen LogP contribution in [0, 0.1) is 0 Å². The van der Waals surface area contributed by atoms with Crippen LogP contribution in [-0.2, 0) is 4.57 Å². The standard InChI is InChI=1S/C12H11O7P/c1-18-9-3-2-7-5-10(12(13)14)11(6-8(7)4-9)19-20(15,16)17/h2-6H,1H3,(H,13,14)(H2,15,16,17). The highest BCUT2D eigenvalue weighted by molar-refractivity contribution is 7.46. The van der Waals surface area contributed by atoms with Gasteiger partial charge in [-0.2, -0.15) is 0 Å². The van der Waals surface area contributed by atoms with Crippen LogP contribution < -0.4 is 9.26 Å². The summed E-state index contributed by atoms with van der Waals surface area (Å²) in [4.78, 5) is 28.8. The highest BCUT2D eigenvalue weighted by atomic mass is 31.2. The predicted octanol–water partition coefficient (Wildman–Crippen LogP) is 2.02. The molecule has 7 nitrogen and oxygen atoms in total. The fourth-order valence-corrected chi connectivity index (χ4v) is 2.16. The lowest BCUT2D eigenvalue weighted by Gasteiger charge is -2.11. The predicted molar refractivity (Wildman–Crippen MR) is 70.1 cm³/mol. The number of hydrogen-bond donors (Lipinski definition) is 3. The Labute approximate surface area is 113 Å². The van der Waals surface area contributed by atoms with Crippen molar-refractivity contribution in [2.45, 2.75) is 0 Å². The van der Waals surface area contributed by atoms with E-state index in [0.29, 0.717) is 16.5 Å². The van der Waals surface area contributed by atoms with E-state index in [0.717, 1.165) is 0 Å². The lowest BCUT2D eigenvalue weighted by atomic mass is 10.1. The van der Waals surface area contributed by atoms with Gasteiger partial charge in [0.1, 0.15) is 17.1 Å². The Morgan fingerprint density at radius 3 is 2.40 bits per heavy atom. The molecule has 0 heterocycles. The molecule has 2 aromatic carbocycles. The second kappa shape index (κ2) is 5.13. The quantitative estimate of drug-likeness (QED) is 0.740. The molecule has 0 saturated heterocycles. The Morgan fingerprint density at radius 2 is 1.85 bits per heavy atom. The zero-order valence-corrected chi connectivity index (χ0v) is 11.2. The normalized spacial score (nSPS) is 11.3. The molecule has 20 heavy (non-hydrogen) atoms. The average molecular weight is 298 g/mol. The lowest BCUT2D eigenvalue weighted by molar-refractivity contribution is 0.0695. The smallest absolute Gasteiger partial charge is 0.497 e. The summed E-state index contributed by atoms with van der Waals surface area (Å²) >= 11 is 0. The van der Waals surface area contributed by atoms with Crippen LogP contribution in [-0.4, -0.2) is 28.0 Å². The number of benzene rings is 2. The second-order valence-corrected chi connectivity index (χ2v) is 5.11.